The number of pyridine rings is 1. The minimum atomic E-state index is -1.17. The van der Waals surface area contributed by atoms with E-state index in [1.54, 1.807) is 14.1 Å². The zero-order valence-corrected chi connectivity index (χ0v) is 10.2. The van der Waals surface area contributed by atoms with Gasteiger partial charge in [0.25, 0.3) is 5.91 Å². The molecule has 0 saturated heterocycles. The van der Waals surface area contributed by atoms with E-state index < -0.39 is 5.97 Å². The molecule has 1 aliphatic rings. The lowest BCUT2D eigenvalue weighted by Gasteiger charge is -2.14. The molecule has 1 aromatic heterocycles. The number of hydrogen-bond donors (Lipinski definition) is 1. The lowest BCUT2D eigenvalue weighted by molar-refractivity contribution is 0.0690. The first-order valence-corrected chi connectivity index (χ1v) is 5.60. The highest BCUT2D eigenvalue weighted by atomic mass is 16.5. The maximum absolute atomic E-state index is 12.0. The van der Waals surface area contributed by atoms with Crippen molar-refractivity contribution in [3.8, 4) is 5.75 Å². The molecule has 1 saturated carbocycles. The fraction of sp³-hybridized carbons (Fsp3) is 0.417. The highest BCUT2D eigenvalue weighted by Gasteiger charge is 2.27. The molecule has 1 aliphatic carbocycles. The summed E-state index contributed by atoms with van der Waals surface area (Å²) in [5, 5.41) is 8.89. The van der Waals surface area contributed by atoms with Gasteiger partial charge in [-0.25, -0.2) is 9.78 Å². The molecule has 1 N–H and O–H groups in total. The van der Waals surface area contributed by atoms with Crippen LogP contribution in [0.25, 0.3) is 0 Å². The molecule has 0 bridgehead atoms. The van der Waals surface area contributed by atoms with Gasteiger partial charge >= 0.3 is 5.97 Å². The maximum atomic E-state index is 12.0. The Hall–Kier alpha value is -2.11. The minimum Gasteiger partial charge on any atom is -0.488 e. The van der Waals surface area contributed by atoms with Crippen LogP contribution in [-0.2, 0) is 0 Å². The number of carbonyl (C=O) groups is 2. The van der Waals surface area contributed by atoms with E-state index in [9.17, 15) is 9.59 Å². The van der Waals surface area contributed by atoms with Gasteiger partial charge in [-0.3, -0.25) is 4.79 Å². The molecular formula is C12H14N2O4. The Kier molecular flexibility index (Phi) is 3.18. The smallest absolute Gasteiger partial charge is 0.354 e. The van der Waals surface area contributed by atoms with Crippen molar-refractivity contribution in [3.05, 3.63) is 23.5 Å². The molecule has 96 valence electrons. The zero-order chi connectivity index (χ0) is 13.3. The quantitative estimate of drug-likeness (QED) is 0.863. The molecule has 0 radical (unpaired) electrons. The normalized spacial score (nSPS) is 14.1. The standard InChI is InChI=1S/C12H14N2O4/c1-14(2)11(15)8-5-9(12(16)17)13-6-10(8)18-7-3-4-7/h5-7H,3-4H2,1-2H3,(H,16,17). The minimum absolute atomic E-state index is 0.121. The van der Waals surface area contributed by atoms with Gasteiger partial charge < -0.3 is 14.7 Å². The molecular weight excluding hydrogens is 236 g/mol. The SMILES string of the molecule is CN(C)C(=O)c1cc(C(=O)O)ncc1OC1CC1. The molecule has 6 heteroatoms. The zero-order valence-electron chi connectivity index (χ0n) is 10.2. The molecule has 0 spiro atoms. The number of ether oxygens (including phenoxy) is 1. The van der Waals surface area contributed by atoms with E-state index in [4.69, 9.17) is 9.84 Å². The van der Waals surface area contributed by atoms with Crippen molar-refractivity contribution >= 4 is 11.9 Å². The highest BCUT2D eigenvalue weighted by Crippen LogP contribution is 2.29. The number of carbonyl (C=O) groups excluding carboxylic acids is 1. The Balaban J connectivity index is 2.38. The van der Waals surface area contributed by atoms with E-state index in [1.807, 2.05) is 0 Å². The van der Waals surface area contributed by atoms with Gasteiger partial charge in [0.15, 0.2) is 5.75 Å². The van der Waals surface area contributed by atoms with Gasteiger partial charge in [-0.1, -0.05) is 0 Å². The van der Waals surface area contributed by atoms with Crippen LogP contribution in [-0.4, -0.2) is 47.1 Å². The third kappa shape index (κ3) is 2.58. The van der Waals surface area contributed by atoms with E-state index in [2.05, 4.69) is 4.98 Å². The van der Waals surface area contributed by atoms with Crippen LogP contribution in [0.2, 0.25) is 0 Å². The first kappa shape index (κ1) is 12.3. The predicted molar refractivity (Wildman–Crippen MR) is 62.9 cm³/mol. The van der Waals surface area contributed by atoms with Gasteiger partial charge in [0.1, 0.15) is 5.69 Å². The Morgan fingerprint density at radius 3 is 2.61 bits per heavy atom. The number of aromatic nitrogens is 1. The molecule has 1 amide bonds. The molecule has 18 heavy (non-hydrogen) atoms. The topological polar surface area (TPSA) is 79.7 Å². The lowest BCUT2D eigenvalue weighted by atomic mass is 10.2. The third-order valence-corrected chi connectivity index (χ3v) is 2.54. The first-order valence-electron chi connectivity index (χ1n) is 5.60. The van der Waals surface area contributed by atoms with Crippen molar-refractivity contribution in [3.63, 3.8) is 0 Å². The molecule has 2 rings (SSSR count). The summed E-state index contributed by atoms with van der Waals surface area (Å²) in [5.74, 6) is -1.11. The molecule has 1 fully saturated rings. The van der Waals surface area contributed by atoms with Crippen molar-refractivity contribution in [2.75, 3.05) is 14.1 Å². The van der Waals surface area contributed by atoms with Gasteiger partial charge in [-0.05, 0) is 18.9 Å². The second-order valence-corrected chi connectivity index (χ2v) is 4.39. The monoisotopic (exact) mass is 250 g/mol. The summed E-state index contributed by atoms with van der Waals surface area (Å²) in [6.45, 7) is 0. The van der Waals surface area contributed by atoms with Gasteiger partial charge in [0.05, 0.1) is 17.9 Å². The average Bonchev–Trinajstić information content (AvgIpc) is 3.12. The molecule has 6 nitrogen and oxygen atoms in total. The summed E-state index contributed by atoms with van der Waals surface area (Å²) in [6, 6.07) is 1.25. The second kappa shape index (κ2) is 4.64. The van der Waals surface area contributed by atoms with Crippen LogP contribution < -0.4 is 4.74 Å². The van der Waals surface area contributed by atoms with Crippen molar-refractivity contribution in [2.45, 2.75) is 18.9 Å². The number of hydrogen-bond acceptors (Lipinski definition) is 4. The molecule has 1 heterocycles. The molecule has 0 atom stereocenters. The summed E-state index contributed by atoms with van der Waals surface area (Å²) >= 11 is 0. The van der Waals surface area contributed by atoms with E-state index >= 15 is 0 Å². The number of aromatic carboxylic acids is 1. The second-order valence-electron chi connectivity index (χ2n) is 4.39. The van der Waals surface area contributed by atoms with Crippen molar-refractivity contribution in [2.24, 2.45) is 0 Å². The third-order valence-electron chi connectivity index (χ3n) is 2.54. The number of rotatable bonds is 4. The summed E-state index contributed by atoms with van der Waals surface area (Å²) in [6.07, 6.45) is 3.33. The molecule has 0 aliphatic heterocycles. The summed E-state index contributed by atoms with van der Waals surface area (Å²) < 4.78 is 5.56. The van der Waals surface area contributed by atoms with Crippen molar-refractivity contribution < 1.29 is 19.4 Å². The largest absolute Gasteiger partial charge is 0.488 e. The Morgan fingerprint density at radius 1 is 1.44 bits per heavy atom. The van der Waals surface area contributed by atoms with Crippen LogP contribution in [0.15, 0.2) is 12.3 Å². The van der Waals surface area contributed by atoms with Crippen LogP contribution in [0, 0.1) is 0 Å². The average molecular weight is 250 g/mol. The number of nitrogens with zero attached hydrogens (tertiary/aromatic N) is 2. The molecule has 1 aromatic rings. The van der Waals surface area contributed by atoms with Gasteiger partial charge in [0.2, 0.25) is 0 Å². The van der Waals surface area contributed by atoms with Crippen LogP contribution in [0.1, 0.15) is 33.7 Å². The van der Waals surface area contributed by atoms with Crippen molar-refractivity contribution in [1.29, 1.82) is 0 Å². The number of carboxylic acid groups (broad SMARTS) is 1. The molecule has 0 aromatic carbocycles. The maximum Gasteiger partial charge on any atom is 0.354 e. The van der Waals surface area contributed by atoms with Gasteiger partial charge in [-0.15, -0.1) is 0 Å². The van der Waals surface area contributed by atoms with Crippen LogP contribution in [0.5, 0.6) is 5.75 Å². The Bertz CT molecular complexity index is 495. The first-order chi connectivity index (χ1) is 8.49. The van der Waals surface area contributed by atoms with Crippen LogP contribution in [0.4, 0.5) is 0 Å². The van der Waals surface area contributed by atoms with Gasteiger partial charge in [-0.2, -0.15) is 0 Å². The Labute approximate surface area is 104 Å². The molecule has 0 unspecified atom stereocenters. The highest BCUT2D eigenvalue weighted by molar-refractivity contribution is 5.98. The number of amides is 1. The van der Waals surface area contributed by atoms with Crippen LogP contribution in [0.3, 0.4) is 0 Å². The summed E-state index contributed by atoms with van der Waals surface area (Å²) in [5.41, 5.74) is 0.0719. The lowest BCUT2D eigenvalue weighted by Crippen LogP contribution is -2.23. The van der Waals surface area contributed by atoms with Crippen LogP contribution >= 0.6 is 0 Å². The van der Waals surface area contributed by atoms with E-state index in [0.29, 0.717) is 5.75 Å². The summed E-state index contributed by atoms with van der Waals surface area (Å²) in [7, 11) is 3.20. The van der Waals surface area contributed by atoms with Crippen molar-refractivity contribution in [1.82, 2.24) is 9.88 Å². The number of carboxylic acids is 1. The van der Waals surface area contributed by atoms with E-state index in [1.165, 1.54) is 17.2 Å². The van der Waals surface area contributed by atoms with Gasteiger partial charge in [0, 0.05) is 14.1 Å². The fourth-order valence-corrected chi connectivity index (χ4v) is 1.43. The Morgan fingerprint density at radius 2 is 2.11 bits per heavy atom. The predicted octanol–water partition coefficient (Wildman–Crippen LogP) is 1.02. The summed E-state index contributed by atoms with van der Waals surface area (Å²) in [4.78, 5) is 28.0. The fourth-order valence-electron chi connectivity index (χ4n) is 1.43. The van der Waals surface area contributed by atoms with E-state index in [-0.39, 0.29) is 23.3 Å². The van der Waals surface area contributed by atoms with E-state index in [0.717, 1.165) is 12.8 Å².